The lowest BCUT2D eigenvalue weighted by Crippen LogP contribution is -2.44. The predicted molar refractivity (Wildman–Crippen MR) is 109 cm³/mol. The molecule has 0 aliphatic carbocycles. The Hall–Kier alpha value is -3.55. The molecule has 2 aromatic carbocycles. The molecule has 6 nitrogen and oxygen atoms in total. The maximum absolute atomic E-state index is 13.4. The van der Waals surface area contributed by atoms with E-state index in [1.165, 1.54) is 42.6 Å². The van der Waals surface area contributed by atoms with Crippen LogP contribution in [-0.4, -0.2) is 21.8 Å². The third kappa shape index (κ3) is 3.93. The zero-order chi connectivity index (χ0) is 22.0. The third-order valence-electron chi connectivity index (χ3n) is 5.39. The summed E-state index contributed by atoms with van der Waals surface area (Å²) in [5.74, 6) is -0.645. The van der Waals surface area contributed by atoms with Crippen molar-refractivity contribution in [2.45, 2.75) is 38.3 Å². The number of carbonyl (C=O) groups excluding carboxylic acids is 2. The van der Waals surface area contributed by atoms with Gasteiger partial charge in [0.1, 0.15) is 23.7 Å². The summed E-state index contributed by atoms with van der Waals surface area (Å²) < 4.78 is 32.2. The molecule has 1 atom stereocenters. The molecule has 0 radical (unpaired) electrons. The lowest BCUT2D eigenvalue weighted by Gasteiger charge is -2.27. The van der Waals surface area contributed by atoms with Crippen LogP contribution in [0.4, 0.5) is 13.6 Å². The van der Waals surface area contributed by atoms with E-state index >= 15 is 0 Å². The Balaban J connectivity index is 1.59. The summed E-state index contributed by atoms with van der Waals surface area (Å²) in [6.07, 6.45) is 3.38. The van der Waals surface area contributed by atoms with E-state index in [1.807, 2.05) is 6.92 Å². The number of halogens is 2. The number of nitrogens with zero attached hydrogens (tertiary/aromatic N) is 2. The summed E-state index contributed by atoms with van der Waals surface area (Å²) in [4.78, 5) is 31.3. The lowest BCUT2D eigenvalue weighted by molar-refractivity contribution is -0.132. The third-order valence-corrected chi connectivity index (χ3v) is 5.39. The number of rotatable bonds is 7. The van der Waals surface area contributed by atoms with Crippen LogP contribution in [-0.2, 0) is 16.9 Å². The average molecular weight is 425 g/mol. The van der Waals surface area contributed by atoms with Crippen molar-refractivity contribution in [3.05, 3.63) is 77.8 Å². The molecule has 1 aromatic heterocycles. The van der Waals surface area contributed by atoms with Crippen LogP contribution in [0, 0.1) is 11.6 Å². The first-order chi connectivity index (χ1) is 14.9. The SMILES string of the molecule is CCCC[C@@]1(c2ccc(F)cc2)NC(=O)N(Cc2ncc(-c3ccc(F)cc3)o2)C1=O. The number of carbonyl (C=O) groups is 2. The molecule has 1 N–H and O–H groups in total. The molecular formula is C23H21F2N3O3. The Labute approximate surface area is 177 Å². The molecule has 1 fully saturated rings. The van der Waals surface area contributed by atoms with Crippen molar-refractivity contribution in [3.8, 4) is 11.3 Å². The van der Waals surface area contributed by atoms with Crippen LogP contribution in [0.3, 0.4) is 0 Å². The number of unbranched alkanes of at least 4 members (excludes halogenated alkanes) is 1. The van der Waals surface area contributed by atoms with Gasteiger partial charge >= 0.3 is 6.03 Å². The molecule has 0 saturated carbocycles. The van der Waals surface area contributed by atoms with Gasteiger partial charge in [-0.25, -0.2) is 18.6 Å². The summed E-state index contributed by atoms with van der Waals surface area (Å²) in [5.41, 5.74) is -0.101. The zero-order valence-corrected chi connectivity index (χ0v) is 16.9. The topological polar surface area (TPSA) is 75.4 Å². The number of aromatic nitrogens is 1. The molecular weight excluding hydrogens is 404 g/mol. The second-order valence-electron chi connectivity index (χ2n) is 7.46. The Morgan fingerprint density at radius 2 is 1.68 bits per heavy atom. The highest BCUT2D eigenvalue weighted by atomic mass is 19.1. The van der Waals surface area contributed by atoms with Crippen LogP contribution in [0.1, 0.15) is 37.6 Å². The number of oxazole rings is 1. The monoisotopic (exact) mass is 425 g/mol. The van der Waals surface area contributed by atoms with Crippen molar-refractivity contribution in [3.63, 3.8) is 0 Å². The van der Waals surface area contributed by atoms with E-state index in [0.29, 0.717) is 29.7 Å². The summed E-state index contributed by atoms with van der Waals surface area (Å²) in [6.45, 7) is 1.84. The molecule has 1 aliphatic rings. The van der Waals surface area contributed by atoms with Crippen LogP contribution in [0.2, 0.25) is 0 Å². The standard InChI is InChI=1S/C23H21F2N3O3/c1-2-3-12-23(16-6-10-18(25)11-7-16)21(29)28(22(30)27-23)14-20-26-13-19(31-20)15-4-8-17(24)9-5-15/h4-11,13H,2-3,12,14H2,1H3,(H,27,30)/t23-/m0/s1. The van der Waals surface area contributed by atoms with Crippen LogP contribution in [0.25, 0.3) is 11.3 Å². The predicted octanol–water partition coefficient (Wildman–Crippen LogP) is 4.76. The Kier molecular flexibility index (Phi) is 5.54. The Bertz CT molecular complexity index is 1100. The van der Waals surface area contributed by atoms with Crippen LogP contribution < -0.4 is 5.32 Å². The first kappa shape index (κ1) is 20.7. The molecule has 4 rings (SSSR count). The van der Waals surface area contributed by atoms with Gasteiger partial charge in [-0.2, -0.15) is 0 Å². The van der Waals surface area contributed by atoms with Gasteiger partial charge in [0.25, 0.3) is 5.91 Å². The Morgan fingerprint density at radius 3 is 2.32 bits per heavy atom. The van der Waals surface area contributed by atoms with Gasteiger partial charge in [-0.05, 0) is 48.4 Å². The number of nitrogens with one attached hydrogen (secondary N) is 1. The molecule has 0 bridgehead atoms. The smallest absolute Gasteiger partial charge is 0.325 e. The number of hydrogen-bond acceptors (Lipinski definition) is 4. The molecule has 1 aliphatic heterocycles. The first-order valence-corrected chi connectivity index (χ1v) is 10.0. The normalized spacial score (nSPS) is 18.5. The largest absolute Gasteiger partial charge is 0.439 e. The van der Waals surface area contributed by atoms with Crippen molar-refractivity contribution in [1.29, 1.82) is 0 Å². The second kappa shape index (κ2) is 8.29. The maximum Gasteiger partial charge on any atom is 0.325 e. The minimum absolute atomic E-state index is 0.152. The fourth-order valence-electron chi connectivity index (χ4n) is 3.72. The van der Waals surface area contributed by atoms with Gasteiger partial charge in [0, 0.05) is 5.56 Å². The minimum atomic E-state index is -1.26. The number of benzene rings is 2. The van der Waals surface area contributed by atoms with E-state index in [2.05, 4.69) is 10.3 Å². The van der Waals surface area contributed by atoms with Gasteiger partial charge in [-0.15, -0.1) is 0 Å². The highest BCUT2D eigenvalue weighted by molar-refractivity contribution is 6.07. The van der Waals surface area contributed by atoms with Gasteiger partial charge in [0.05, 0.1) is 6.20 Å². The molecule has 3 amide bonds. The summed E-state index contributed by atoms with van der Waals surface area (Å²) in [7, 11) is 0. The van der Waals surface area contributed by atoms with E-state index in [4.69, 9.17) is 4.42 Å². The van der Waals surface area contributed by atoms with E-state index < -0.39 is 23.3 Å². The van der Waals surface area contributed by atoms with Crippen LogP contribution in [0.15, 0.2) is 59.1 Å². The van der Waals surface area contributed by atoms with E-state index in [9.17, 15) is 18.4 Å². The molecule has 8 heteroatoms. The van der Waals surface area contributed by atoms with Gasteiger partial charge < -0.3 is 9.73 Å². The van der Waals surface area contributed by atoms with Gasteiger partial charge in [-0.3, -0.25) is 9.69 Å². The number of urea groups is 1. The fraction of sp³-hybridized carbons (Fsp3) is 0.261. The number of hydrogen-bond donors (Lipinski definition) is 1. The lowest BCUT2D eigenvalue weighted by atomic mass is 9.85. The Morgan fingerprint density at radius 1 is 1.03 bits per heavy atom. The van der Waals surface area contributed by atoms with Crippen LogP contribution >= 0.6 is 0 Å². The fourth-order valence-corrected chi connectivity index (χ4v) is 3.72. The van der Waals surface area contributed by atoms with Gasteiger partial charge in [0.2, 0.25) is 5.89 Å². The minimum Gasteiger partial charge on any atom is -0.439 e. The van der Waals surface area contributed by atoms with Crippen molar-refractivity contribution >= 4 is 11.9 Å². The van der Waals surface area contributed by atoms with E-state index in [-0.39, 0.29) is 18.3 Å². The summed E-state index contributed by atoms with van der Waals surface area (Å²) in [5, 5.41) is 2.81. The van der Waals surface area contributed by atoms with Crippen LogP contribution in [0.5, 0.6) is 0 Å². The summed E-state index contributed by atoms with van der Waals surface area (Å²) >= 11 is 0. The van der Waals surface area contributed by atoms with Gasteiger partial charge in [-0.1, -0.05) is 31.9 Å². The molecule has 1 saturated heterocycles. The van der Waals surface area contributed by atoms with Crippen molar-refractivity contribution in [2.75, 3.05) is 0 Å². The number of imide groups is 1. The maximum atomic E-state index is 13.4. The van der Waals surface area contributed by atoms with Crippen molar-refractivity contribution in [2.24, 2.45) is 0 Å². The highest BCUT2D eigenvalue weighted by Crippen LogP contribution is 2.35. The van der Waals surface area contributed by atoms with E-state index in [1.54, 1.807) is 12.1 Å². The highest BCUT2D eigenvalue weighted by Gasteiger charge is 2.52. The molecule has 160 valence electrons. The molecule has 0 spiro atoms. The average Bonchev–Trinajstić information content (AvgIpc) is 3.32. The quantitative estimate of drug-likeness (QED) is 0.554. The summed E-state index contributed by atoms with van der Waals surface area (Å²) in [6, 6.07) is 10.7. The molecule has 3 aromatic rings. The van der Waals surface area contributed by atoms with Gasteiger partial charge in [0.15, 0.2) is 5.76 Å². The van der Waals surface area contributed by atoms with Crippen molar-refractivity contribution in [1.82, 2.24) is 15.2 Å². The van der Waals surface area contributed by atoms with E-state index in [0.717, 1.165) is 11.3 Å². The molecule has 31 heavy (non-hydrogen) atoms. The first-order valence-electron chi connectivity index (χ1n) is 10.0. The number of amides is 3. The molecule has 2 heterocycles. The molecule has 0 unspecified atom stereocenters. The zero-order valence-electron chi connectivity index (χ0n) is 16.9. The van der Waals surface area contributed by atoms with Crippen molar-refractivity contribution < 1.29 is 22.8 Å². The second-order valence-corrected chi connectivity index (χ2v) is 7.46.